The number of aromatic hydroxyl groups is 1. The predicted octanol–water partition coefficient (Wildman–Crippen LogP) is 0.518. The molecule has 0 bridgehead atoms. The van der Waals surface area contributed by atoms with E-state index in [9.17, 15) is 21.9 Å². The molecule has 1 rings (SSSR count). The first kappa shape index (κ1) is 19.1. The van der Waals surface area contributed by atoms with Gasteiger partial charge in [0, 0.05) is 0 Å². The Morgan fingerprint density at radius 3 is 1.61 bits per heavy atom. The first-order chi connectivity index (χ1) is 7.03. The third-order valence-corrected chi connectivity index (χ3v) is 3.69. The average molecular weight is 302 g/mol. The molecule has 0 amide bonds. The van der Waals surface area contributed by atoms with Crippen LogP contribution in [0.2, 0.25) is 0 Å². The summed E-state index contributed by atoms with van der Waals surface area (Å²) in [5.41, 5.74) is -0.0487. The number of rotatable bonds is 2. The van der Waals surface area contributed by atoms with E-state index < -0.39 is 35.8 Å². The second-order valence-electron chi connectivity index (χ2n) is 3.04. The van der Waals surface area contributed by atoms with Crippen LogP contribution in [0.4, 0.5) is 0 Å². The van der Waals surface area contributed by atoms with Crippen molar-refractivity contribution in [2.24, 2.45) is 0 Å². The van der Waals surface area contributed by atoms with Crippen LogP contribution in [-0.4, -0.2) is 31.0 Å². The van der Waals surface area contributed by atoms with E-state index in [-0.39, 0.29) is 17.9 Å². The summed E-state index contributed by atoms with van der Waals surface area (Å²) in [7, 11) is -9.38. The van der Waals surface area contributed by atoms with Gasteiger partial charge in [0.05, 0.1) is 4.90 Å². The maximum absolute atomic E-state index is 10.8. The van der Waals surface area contributed by atoms with Crippen molar-refractivity contribution in [2.45, 2.75) is 16.7 Å². The lowest BCUT2D eigenvalue weighted by molar-refractivity contribution is 0.441. The lowest BCUT2D eigenvalue weighted by Gasteiger charge is -2.06. The third-order valence-electron chi connectivity index (χ3n) is 1.81. The summed E-state index contributed by atoms with van der Waals surface area (Å²) in [6, 6.07) is 1.29. The van der Waals surface area contributed by atoms with Crippen LogP contribution in [0, 0.1) is 6.92 Å². The first-order valence-corrected chi connectivity index (χ1v) is 6.70. The van der Waals surface area contributed by atoms with Gasteiger partial charge in [0.1, 0.15) is 10.6 Å². The highest BCUT2D eigenvalue weighted by atomic mass is 32.2. The molecule has 0 aromatic heterocycles. The lowest BCUT2D eigenvalue weighted by atomic mass is 10.2. The van der Waals surface area contributed by atoms with Gasteiger partial charge in [-0.1, -0.05) is 0 Å². The van der Waals surface area contributed by atoms with Gasteiger partial charge in [0.15, 0.2) is 0 Å². The highest BCUT2D eigenvalue weighted by Crippen LogP contribution is 2.28. The Labute approximate surface area is 104 Å². The predicted molar refractivity (Wildman–Crippen MR) is 62.5 cm³/mol. The van der Waals surface area contributed by atoms with Crippen LogP contribution >= 0.6 is 0 Å². The minimum absolute atomic E-state index is 0. The van der Waals surface area contributed by atoms with Crippen molar-refractivity contribution in [3.63, 3.8) is 0 Å². The fourth-order valence-electron chi connectivity index (χ4n) is 1.14. The molecule has 0 fully saturated rings. The summed E-state index contributed by atoms with van der Waals surface area (Å²) < 4.78 is 60.7. The summed E-state index contributed by atoms with van der Waals surface area (Å²) in [5.74, 6) is -0.799. The SMILES string of the molecule is Cc1cc(O)c(S(=O)(=O)O)cc1S(=O)(=O)O.N.N. The summed E-state index contributed by atoms with van der Waals surface area (Å²) in [6.45, 7) is 1.25. The van der Waals surface area contributed by atoms with E-state index in [4.69, 9.17) is 9.11 Å². The van der Waals surface area contributed by atoms with Gasteiger partial charge in [-0.25, -0.2) is 0 Å². The zero-order valence-electron chi connectivity index (χ0n) is 9.36. The molecule has 0 saturated carbocycles. The van der Waals surface area contributed by atoms with Crippen LogP contribution in [0.15, 0.2) is 21.9 Å². The van der Waals surface area contributed by atoms with E-state index >= 15 is 0 Å². The van der Waals surface area contributed by atoms with Crippen molar-refractivity contribution in [2.75, 3.05) is 0 Å². The molecule has 0 aliphatic carbocycles. The van der Waals surface area contributed by atoms with Crippen molar-refractivity contribution in [1.82, 2.24) is 12.3 Å². The molecule has 18 heavy (non-hydrogen) atoms. The molecule has 11 heteroatoms. The molecule has 0 radical (unpaired) electrons. The van der Waals surface area contributed by atoms with E-state index in [0.29, 0.717) is 6.07 Å². The molecule has 9 N–H and O–H groups in total. The fraction of sp³-hybridized carbons (Fsp3) is 0.143. The second-order valence-corrected chi connectivity index (χ2v) is 5.82. The van der Waals surface area contributed by atoms with Crippen LogP contribution in [0.25, 0.3) is 0 Å². The molecule has 106 valence electrons. The van der Waals surface area contributed by atoms with E-state index in [1.54, 1.807) is 0 Å². The van der Waals surface area contributed by atoms with Crippen molar-refractivity contribution in [3.05, 3.63) is 17.7 Å². The second kappa shape index (κ2) is 5.60. The van der Waals surface area contributed by atoms with Gasteiger partial charge in [-0.05, 0) is 24.6 Å². The lowest BCUT2D eigenvalue weighted by Crippen LogP contribution is -2.05. The van der Waals surface area contributed by atoms with Gasteiger partial charge in [0.25, 0.3) is 20.2 Å². The largest absolute Gasteiger partial charge is 0.506 e. The normalized spacial score (nSPS) is 11.3. The Morgan fingerprint density at radius 1 is 0.889 bits per heavy atom. The molecule has 0 saturated heterocycles. The highest BCUT2D eigenvalue weighted by molar-refractivity contribution is 7.86. The summed E-state index contributed by atoms with van der Waals surface area (Å²) in [6.07, 6.45) is 0. The Balaban J connectivity index is 0. The van der Waals surface area contributed by atoms with Crippen molar-refractivity contribution in [1.29, 1.82) is 0 Å². The molecule has 1 aromatic carbocycles. The highest BCUT2D eigenvalue weighted by Gasteiger charge is 2.22. The van der Waals surface area contributed by atoms with E-state index in [0.717, 1.165) is 6.07 Å². The fourth-order valence-corrected chi connectivity index (χ4v) is 2.54. The molecule has 1 aromatic rings. The molecule has 0 heterocycles. The zero-order valence-corrected chi connectivity index (χ0v) is 11.0. The van der Waals surface area contributed by atoms with Crippen LogP contribution in [0.3, 0.4) is 0 Å². The first-order valence-electron chi connectivity index (χ1n) is 3.82. The number of phenolic OH excluding ortho intramolecular Hbond substituents is 1. The van der Waals surface area contributed by atoms with Crippen LogP contribution in [0.5, 0.6) is 5.75 Å². The molecular formula is C7H14N2O7S2. The quantitative estimate of drug-likeness (QED) is 0.483. The van der Waals surface area contributed by atoms with Crippen LogP contribution in [0.1, 0.15) is 5.56 Å². The Morgan fingerprint density at radius 2 is 1.28 bits per heavy atom. The maximum Gasteiger partial charge on any atom is 0.298 e. The minimum Gasteiger partial charge on any atom is -0.506 e. The molecule has 0 aliphatic heterocycles. The monoisotopic (exact) mass is 302 g/mol. The zero-order chi connectivity index (χ0) is 12.7. The molecule has 0 aliphatic rings. The van der Waals surface area contributed by atoms with E-state index in [1.807, 2.05) is 0 Å². The van der Waals surface area contributed by atoms with Crippen molar-refractivity contribution < 1.29 is 31.0 Å². The minimum atomic E-state index is -4.76. The molecule has 0 atom stereocenters. The summed E-state index contributed by atoms with van der Waals surface area (Å²) in [5, 5.41) is 9.20. The average Bonchev–Trinajstić information content (AvgIpc) is 1.97. The molecule has 9 nitrogen and oxygen atoms in total. The smallest absolute Gasteiger partial charge is 0.298 e. The summed E-state index contributed by atoms with van der Waals surface area (Å²) >= 11 is 0. The van der Waals surface area contributed by atoms with Gasteiger partial charge in [-0.15, -0.1) is 0 Å². The van der Waals surface area contributed by atoms with E-state index in [1.165, 1.54) is 6.92 Å². The number of phenols is 1. The number of hydrogen-bond donors (Lipinski definition) is 5. The molecule has 0 unspecified atom stereocenters. The van der Waals surface area contributed by atoms with Crippen molar-refractivity contribution in [3.8, 4) is 5.75 Å². The number of benzene rings is 1. The van der Waals surface area contributed by atoms with Crippen LogP contribution < -0.4 is 12.3 Å². The van der Waals surface area contributed by atoms with Gasteiger partial charge in [0.2, 0.25) is 0 Å². The van der Waals surface area contributed by atoms with Crippen molar-refractivity contribution >= 4 is 20.2 Å². The number of hydrogen-bond acceptors (Lipinski definition) is 7. The van der Waals surface area contributed by atoms with Gasteiger partial charge in [-0.3, -0.25) is 9.11 Å². The standard InChI is InChI=1S/C7H8O7S2.2H3N/c1-4-2-5(8)7(16(12,13)14)3-6(4)15(9,10)11;;/h2-3,8H,1H3,(H,9,10,11)(H,12,13,14);2*1H3. The molecular weight excluding hydrogens is 288 g/mol. The van der Waals surface area contributed by atoms with Gasteiger partial charge >= 0.3 is 0 Å². The Kier molecular flexibility index (Phi) is 5.95. The van der Waals surface area contributed by atoms with Gasteiger partial charge < -0.3 is 17.4 Å². The number of aryl methyl sites for hydroxylation is 1. The summed E-state index contributed by atoms with van der Waals surface area (Å²) in [4.78, 5) is -1.68. The van der Waals surface area contributed by atoms with E-state index in [2.05, 4.69) is 0 Å². The van der Waals surface area contributed by atoms with Gasteiger partial charge in [-0.2, -0.15) is 16.8 Å². The molecule has 0 spiro atoms. The maximum atomic E-state index is 10.8. The topological polar surface area (TPSA) is 199 Å². The Bertz CT molecular complexity index is 583. The van der Waals surface area contributed by atoms with Crippen LogP contribution in [-0.2, 0) is 20.2 Å². The third kappa shape index (κ3) is 3.90. The Hall–Kier alpha value is -1.24.